The third-order valence-corrected chi connectivity index (χ3v) is 5.64. The van der Waals surface area contributed by atoms with E-state index in [1.807, 2.05) is 6.07 Å². The van der Waals surface area contributed by atoms with Crippen LogP contribution in [0.1, 0.15) is 18.4 Å². The van der Waals surface area contributed by atoms with Gasteiger partial charge in [0.05, 0.1) is 33.3 Å². The highest BCUT2D eigenvalue weighted by Crippen LogP contribution is 2.27. The van der Waals surface area contributed by atoms with Crippen molar-refractivity contribution in [2.45, 2.75) is 19.4 Å². The van der Waals surface area contributed by atoms with E-state index < -0.39 is 10.0 Å². The van der Waals surface area contributed by atoms with Gasteiger partial charge in [0, 0.05) is 25.6 Å². The number of hydrogen-bond acceptors (Lipinski definition) is 6. The lowest BCUT2D eigenvalue weighted by atomic mass is 10.2. The summed E-state index contributed by atoms with van der Waals surface area (Å²) in [6.07, 6.45) is 1.72. The Morgan fingerprint density at radius 2 is 1.73 bits per heavy atom. The van der Waals surface area contributed by atoms with Crippen LogP contribution >= 0.6 is 0 Å². The summed E-state index contributed by atoms with van der Waals surface area (Å²) in [6.45, 7) is 0.528. The Balaban J connectivity index is 1.91. The lowest BCUT2D eigenvalue weighted by molar-refractivity contribution is -0.121. The Labute approximate surface area is 177 Å². The first kappa shape index (κ1) is 23.3. The van der Waals surface area contributed by atoms with Gasteiger partial charge in [0.2, 0.25) is 15.9 Å². The lowest BCUT2D eigenvalue weighted by Crippen LogP contribution is -2.32. The van der Waals surface area contributed by atoms with Crippen molar-refractivity contribution in [2.75, 3.05) is 38.4 Å². The Bertz CT molecular complexity index is 962. The Morgan fingerprint density at radius 3 is 2.37 bits per heavy atom. The molecule has 8 nitrogen and oxygen atoms in total. The van der Waals surface area contributed by atoms with Gasteiger partial charge in [-0.15, -0.1) is 0 Å². The van der Waals surface area contributed by atoms with E-state index in [2.05, 4.69) is 5.32 Å². The fraction of sp³-hybridized carbons (Fsp3) is 0.381. The number of benzene rings is 2. The summed E-state index contributed by atoms with van der Waals surface area (Å²) in [6, 6.07) is 12.2. The second-order valence-corrected chi connectivity index (χ2v) is 8.51. The molecule has 0 saturated carbocycles. The molecule has 0 heterocycles. The van der Waals surface area contributed by atoms with Crippen molar-refractivity contribution < 1.29 is 27.4 Å². The normalized spacial score (nSPS) is 10.9. The number of amides is 1. The quantitative estimate of drug-likeness (QED) is 0.582. The summed E-state index contributed by atoms with van der Waals surface area (Å²) >= 11 is 0. The van der Waals surface area contributed by atoms with E-state index in [0.717, 1.165) is 11.8 Å². The van der Waals surface area contributed by atoms with Crippen LogP contribution < -0.4 is 23.8 Å². The molecule has 0 aliphatic heterocycles. The SMILES string of the molecule is COc1cccc(N(CCCC(=O)NCc2ccc(OC)c(OC)c2)S(C)(=O)=O)c1. The number of nitrogens with zero attached hydrogens (tertiary/aromatic N) is 1. The maximum absolute atomic E-state index is 12.2. The van der Waals surface area contributed by atoms with E-state index in [1.54, 1.807) is 50.6 Å². The molecule has 0 aliphatic carbocycles. The van der Waals surface area contributed by atoms with Crippen LogP contribution in [0.25, 0.3) is 0 Å². The van der Waals surface area contributed by atoms with Crippen LogP contribution in [-0.4, -0.2) is 48.5 Å². The molecule has 30 heavy (non-hydrogen) atoms. The number of carbonyl (C=O) groups excluding carboxylic acids is 1. The van der Waals surface area contributed by atoms with E-state index in [0.29, 0.717) is 35.9 Å². The van der Waals surface area contributed by atoms with Crippen LogP contribution in [0.4, 0.5) is 5.69 Å². The predicted molar refractivity (Wildman–Crippen MR) is 116 cm³/mol. The maximum Gasteiger partial charge on any atom is 0.232 e. The first-order valence-corrected chi connectivity index (χ1v) is 11.2. The van der Waals surface area contributed by atoms with Crippen molar-refractivity contribution in [2.24, 2.45) is 0 Å². The fourth-order valence-corrected chi connectivity index (χ4v) is 3.87. The number of nitrogens with one attached hydrogen (secondary N) is 1. The average Bonchev–Trinajstić information content (AvgIpc) is 2.74. The molecule has 2 aromatic rings. The molecule has 0 unspecified atom stereocenters. The van der Waals surface area contributed by atoms with Crippen molar-refractivity contribution in [3.8, 4) is 17.2 Å². The van der Waals surface area contributed by atoms with Gasteiger partial charge in [-0.05, 0) is 36.2 Å². The number of carbonyl (C=O) groups is 1. The van der Waals surface area contributed by atoms with Crippen LogP contribution in [0, 0.1) is 0 Å². The number of sulfonamides is 1. The second-order valence-electron chi connectivity index (χ2n) is 6.61. The monoisotopic (exact) mass is 436 g/mol. The van der Waals surface area contributed by atoms with Gasteiger partial charge in [-0.25, -0.2) is 8.42 Å². The summed E-state index contributed by atoms with van der Waals surface area (Å²) in [7, 11) is 1.14. The van der Waals surface area contributed by atoms with Gasteiger partial charge in [0.25, 0.3) is 0 Å². The van der Waals surface area contributed by atoms with Crippen LogP contribution in [0.3, 0.4) is 0 Å². The number of methoxy groups -OCH3 is 3. The maximum atomic E-state index is 12.2. The van der Waals surface area contributed by atoms with Gasteiger partial charge in [-0.1, -0.05) is 12.1 Å². The number of ether oxygens (including phenoxy) is 3. The second kappa shape index (κ2) is 10.7. The minimum Gasteiger partial charge on any atom is -0.497 e. The zero-order valence-electron chi connectivity index (χ0n) is 17.7. The molecule has 1 amide bonds. The van der Waals surface area contributed by atoms with Crippen molar-refractivity contribution >= 4 is 21.6 Å². The van der Waals surface area contributed by atoms with Crippen LogP contribution in [0.5, 0.6) is 17.2 Å². The number of anilines is 1. The molecule has 0 fully saturated rings. The summed E-state index contributed by atoms with van der Waals surface area (Å²) in [5.41, 5.74) is 1.37. The lowest BCUT2D eigenvalue weighted by Gasteiger charge is -2.22. The fourth-order valence-electron chi connectivity index (χ4n) is 2.91. The summed E-state index contributed by atoms with van der Waals surface area (Å²) in [5, 5.41) is 2.83. The van der Waals surface area contributed by atoms with Gasteiger partial charge in [0.1, 0.15) is 5.75 Å². The van der Waals surface area contributed by atoms with Crippen molar-refractivity contribution in [1.29, 1.82) is 0 Å². The third-order valence-electron chi connectivity index (χ3n) is 4.44. The molecule has 0 bridgehead atoms. The highest BCUT2D eigenvalue weighted by atomic mass is 32.2. The molecule has 0 radical (unpaired) electrons. The molecular weight excluding hydrogens is 408 g/mol. The molecule has 0 spiro atoms. The van der Waals surface area contributed by atoms with Gasteiger partial charge in [-0.3, -0.25) is 9.10 Å². The van der Waals surface area contributed by atoms with Gasteiger partial charge >= 0.3 is 0 Å². The van der Waals surface area contributed by atoms with E-state index in [-0.39, 0.29) is 18.9 Å². The van der Waals surface area contributed by atoms with Gasteiger partial charge in [-0.2, -0.15) is 0 Å². The minimum atomic E-state index is -3.49. The molecular formula is C21H28N2O6S. The zero-order chi connectivity index (χ0) is 22.1. The van der Waals surface area contributed by atoms with Crippen molar-refractivity contribution in [3.05, 3.63) is 48.0 Å². The van der Waals surface area contributed by atoms with Crippen molar-refractivity contribution in [3.63, 3.8) is 0 Å². The highest BCUT2D eigenvalue weighted by Gasteiger charge is 2.18. The van der Waals surface area contributed by atoms with Crippen LogP contribution in [0.15, 0.2) is 42.5 Å². The zero-order valence-corrected chi connectivity index (χ0v) is 18.5. The molecule has 164 valence electrons. The third kappa shape index (κ3) is 6.55. The van der Waals surface area contributed by atoms with E-state index in [9.17, 15) is 13.2 Å². The molecule has 0 aliphatic rings. The van der Waals surface area contributed by atoms with E-state index in [1.165, 1.54) is 11.4 Å². The molecule has 0 saturated heterocycles. The smallest absolute Gasteiger partial charge is 0.232 e. The average molecular weight is 437 g/mol. The number of hydrogen-bond donors (Lipinski definition) is 1. The van der Waals surface area contributed by atoms with Gasteiger partial charge < -0.3 is 19.5 Å². The predicted octanol–water partition coefficient (Wildman–Crippen LogP) is 2.58. The summed E-state index contributed by atoms with van der Waals surface area (Å²) < 4.78 is 41.3. The first-order valence-electron chi connectivity index (χ1n) is 9.38. The van der Waals surface area contributed by atoms with E-state index >= 15 is 0 Å². The molecule has 0 aromatic heterocycles. The first-order chi connectivity index (χ1) is 14.3. The Kier molecular flexibility index (Phi) is 8.35. The topological polar surface area (TPSA) is 94.2 Å². The molecule has 0 atom stereocenters. The summed E-state index contributed by atoms with van der Waals surface area (Å²) in [4.78, 5) is 12.2. The Hall–Kier alpha value is -2.94. The molecule has 1 N–H and O–H groups in total. The minimum absolute atomic E-state index is 0.163. The molecule has 9 heteroatoms. The molecule has 2 aromatic carbocycles. The summed E-state index contributed by atoms with van der Waals surface area (Å²) in [5.74, 6) is 1.61. The molecule has 2 rings (SSSR count). The largest absolute Gasteiger partial charge is 0.497 e. The van der Waals surface area contributed by atoms with Crippen LogP contribution in [-0.2, 0) is 21.4 Å². The van der Waals surface area contributed by atoms with Crippen molar-refractivity contribution in [1.82, 2.24) is 5.32 Å². The van der Waals surface area contributed by atoms with E-state index in [4.69, 9.17) is 14.2 Å². The van der Waals surface area contributed by atoms with Gasteiger partial charge in [0.15, 0.2) is 11.5 Å². The van der Waals surface area contributed by atoms with Crippen LogP contribution in [0.2, 0.25) is 0 Å². The highest BCUT2D eigenvalue weighted by molar-refractivity contribution is 7.92. The standard InChI is InChI=1S/C21H28N2O6S/c1-27-18-8-5-7-17(14-18)23(30(4,25)26)12-6-9-21(24)22-15-16-10-11-19(28-2)20(13-16)29-3/h5,7-8,10-11,13-14H,6,9,12,15H2,1-4H3,(H,22,24). The Morgan fingerprint density at radius 1 is 1.00 bits per heavy atom. The number of rotatable bonds is 11.